The second kappa shape index (κ2) is 12.1. The first-order chi connectivity index (χ1) is 27.6. The van der Waals surface area contributed by atoms with Crippen molar-refractivity contribution in [2.24, 2.45) is 5.92 Å². The first-order valence-corrected chi connectivity index (χ1v) is 19.8. The van der Waals surface area contributed by atoms with Gasteiger partial charge in [-0.15, -0.1) is 11.3 Å². The van der Waals surface area contributed by atoms with Crippen LogP contribution in [-0.2, 0) is 6.42 Å². The van der Waals surface area contributed by atoms with Crippen LogP contribution in [0.4, 0.5) is 0 Å². The summed E-state index contributed by atoms with van der Waals surface area (Å²) in [6, 6.07) is 48.8. The lowest BCUT2D eigenvalue weighted by molar-refractivity contribution is 0.513. The van der Waals surface area contributed by atoms with Gasteiger partial charge in [0.05, 0.1) is 0 Å². The molecule has 11 aromatic rings. The molecule has 5 nitrogen and oxygen atoms in total. The van der Waals surface area contributed by atoms with E-state index in [-0.39, 0.29) is 0 Å². The SMILES string of the molecule is CC1C=Cc2c(oc3cccc(-c4cc(-c5nc(-c6ccc7ccccc7c6)nc(-c6cccc7sc8ccccc8c67)n5)c5c(c4)oc4ccccc45)c23)C1. The quantitative estimate of drug-likeness (QED) is 0.180. The van der Waals surface area contributed by atoms with Gasteiger partial charge in [0.1, 0.15) is 22.5 Å². The lowest BCUT2D eigenvalue weighted by Gasteiger charge is -2.13. The maximum Gasteiger partial charge on any atom is 0.164 e. The van der Waals surface area contributed by atoms with Gasteiger partial charge in [-0.3, -0.25) is 0 Å². The molecule has 0 aliphatic heterocycles. The Hall–Kier alpha value is -6.89. The van der Waals surface area contributed by atoms with Gasteiger partial charge < -0.3 is 8.83 Å². The van der Waals surface area contributed by atoms with Gasteiger partial charge in [0.25, 0.3) is 0 Å². The predicted octanol–water partition coefficient (Wildman–Crippen LogP) is 13.9. The van der Waals surface area contributed by atoms with Gasteiger partial charge in [0.2, 0.25) is 0 Å². The summed E-state index contributed by atoms with van der Waals surface area (Å²) in [5.74, 6) is 3.29. The minimum atomic E-state index is 0.428. The van der Waals surface area contributed by atoms with Crippen LogP contribution < -0.4 is 0 Å². The molecule has 4 aromatic heterocycles. The number of thiophene rings is 1. The number of nitrogens with zero attached hydrogens (tertiary/aromatic N) is 3. The summed E-state index contributed by atoms with van der Waals surface area (Å²) in [6.07, 6.45) is 5.38. The topological polar surface area (TPSA) is 65.0 Å². The van der Waals surface area contributed by atoms with E-state index in [1.165, 1.54) is 20.2 Å². The molecule has 0 amide bonds. The second-order valence-electron chi connectivity index (χ2n) is 14.8. The van der Waals surface area contributed by atoms with E-state index in [2.05, 4.69) is 146 Å². The Morgan fingerprint density at radius 2 is 1.25 bits per heavy atom. The standard InChI is InChI=1S/C50H31N3O2S/c1-28-20-23-35-41(24-28)55-40-17-8-14-33(45(35)40)32-26-38(46-34-12-4-6-16-39(34)54-42(46)27-32)50-52-48(31-22-21-29-10-2-3-11-30(29)25-31)51-49(53-50)37-15-9-19-44-47(37)36-13-5-7-18-43(36)56-44/h2-23,25-28H,24H2,1H3. The Bertz CT molecular complexity index is 3440. The van der Waals surface area contributed by atoms with Crippen LogP contribution in [0, 0.1) is 5.92 Å². The summed E-state index contributed by atoms with van der Waals surface area (Å²) in [4.78, 5) is 16.0. The molecule has 1 aliphatic carbocycles. The molecule has 4 heterocycles. The van der Waals surface area contributed by atoms with Crippen molar-refractivity contribution in [1.29, 1.82) is 0 Å². The molecule has 12 rings (SSSR count). The van der Waals surface area contributed by atoms with Crippen LogP contribution >= 0.6 is 11.3 Å². The molecule has 0 saturated carbocycles. The van der Waals surface area contributed by atoms with Crippen molar-refractivity contribution >= 4 is 81.3 Å². The number of para-hydroxylation sites is 1. The number of allylic oxidation sites excluding steroid dienone is 1. The minimum Gasteiger partial charge on any atom is -0.460 e. The maximum atomic E-state index is 6.66. The molecule has 0 N–H and O–H groups in total. The number of benzene rings is 7. The monoisotopic (exact) mass is 737 g/mol. The van der Waals surface area contributed by atoms with Gasteiger partial charge in [-0.2, -0.15) is 0 Å². The molecule has 1 atom stereocenters. The fourth-order valence-electron chi connectivity index (χ4n) is 8.63. The number of aromatic nitrogens is 3. The summed E-state index contributed by atoms with van der Waals surface area (Å²) in [5.41, 5.74) is 8.50. The van der Waals surface area contributed by atoms with Crippen molar-refractivity contribution in [3.8, 4) is 45.3 Å². The van der Waals surface area contributed by atoms with Crippen LogP contribution in [-0.4, -0.2) is 15.0 Å². The number of fused-ring (bicyclic) bond motifs is 10. The minimum absolute atomic E-state index is 0.428. The van der Waals surface area contributed by atoms with Crippen LogP contribution in [0.2, 0.25) is 0 Å². The first-order valence-electron chi connectivity index (χ1n) is 19.0. The molecular formula is C50H31N3O2S. The third-order valence-corrected chi connectivity index (χ3v) is 12.4. The number of hydrogen-bond donors (Lipinski definition) is 0. The van der Waals surface area contributed by atoms with E-state index in [0.29, 0.717) is 23.4 Å². The van der Waals surface area contributed by atoms with Gasteiger partial charge in [-0.1, -0.05) is 116 Å². The number of furan rings is 2. The highest BCUT2D eigenvalue weighted by Gasteiger charge is 2.24. The molecule has 0 bridgehead atoms. The zero-order valence-electron chi connectivity index (χ0n) is 30.3. The fourth-order valence-corrected chi connectivity index (χ4v) is 9.76. The summed E-state index contributed by atoms with van der Waals surface area (Å²) in [5, 5.41) is 7.74. The predicted molar refractivity (Wildman–Crippen MR) is 231 cm³/mol. The molecule has 1 unspecified atom stereocenters. The first kappa shape index (κ1) is 31.5. The molecule has 0 spiro atoms. The largest absolute Gasteiger partial charge is 0.460 e. The van der Waals surface area contributed by atoms with E-state index < -0.39 is 0 Å². The second-order valence-corrected chi connectivity index (χ2v) is 15.9. The molecule has 0 fully saturated rings. The van der Waals surface area contributed by atoms with E-state index in [0.717, 1.165) is 89.2 Å². The summed E-state index contributed by atoms with van der Waals surface area (Å²) >= 11 is 1.79. The highest BCUT2D eigenvalue weighted by Crippen LogP contribution is 2.45. The van der Waals surface area contributed by atoms with Gasteiger partial charge in [-0.05, 0) is 70.3 Å². The lowest BCUT2D eigenvalue weighted by Crippen LogP contribution is -2.01. The highest BCUT2D eigenvalue weighted by molar-refractivity contribution is 7.25. The van der Waals surface area contributed by atoms with Crippen molar-refractivity contribution in [1.82, 2.24) is 15.0 Å². The van der Waals surface area contributed by atoms with E-state index in [4.69, 9.17) is 23.8 Å². The Morgan fingerprint density at radius 3 is 2.18 bits per heavy atom. The Labute approximate surface area is 325 Å². The van der Waals surface area contributed by atoms with Gasteiger partial charge in [0, 0.05) is 65.0 Å². The van der Waals surface area contributed by atoms with Gasteiger partial charge in [0.15, 0.2) is 17.5 Å². The molecule has 56 heavy (non-hydrogen) atoms. The fraction of sp³-hybridized carbons (Fsp3) is 0.0600. The lowest BCUT2D eigenvalue weighted by atomic mass is 9.91. The van der Waals surface area contributed by atoms with Crippen molar-refractivity contribution in [2.75, 3.05) is 0 Å². The van der Waals surface area contributed by atoms with Gasteiger partial charge >= 0.3 is 0 Å². The zero-order valence-corrected chi connectivity index (χ0v) is 31.1. The third kappa shape index (κ3) is 4.82. The average Bonchev–Trinajstić information content (AvgIpc) is 3.94. The van der Waals surface area contributed by atoms with Crippen LogP contribution in [0.15, 0.2) is 154 Å². The number of hydrogen-bond acceptors (Lipinski definition) is 6. The van der Waals surface area contributed by atoms with E-state index in [1.54, 1.807) is 11.3 Å². The molecule has 6 heteroatoms. The maximum absolute atomic E-state index is 6.66. The normalized spacial score (nSPS) is 14.2. The summed E-state index contributed by atoms with van der Waals surface area (Å²) in [6.45, 7) is 2.23. The van der Waals surface area contributed by atoms with Crippen LogP contribution in [0.25, 0.3) is 115 Å². The Balaban J connectivity index is 1.17. The molecule has 7 aromatic carbocycles. The Morgan fingerprint density at radius 1 is 0.518 bits per heavy atom. The van der Waals surface area contributed by atoms with E-state index in [1.807, 2.05) is 12.1 Å². The van der Waals surface area contributed by atoms with E-state index >= 15 is 0 Å². The summed E-state index contributed by atoms with van der Waals surface area (Å²) < 4.78 is 15.6. The molecule has 0 saturated heterocycles. The van der Waals surface area contributed by atoms with Crippen molar-refractivity contribution in [2.45, 2.75) is 13.3 Å². The summed E-state index contributed by atoms with van der Waals surface area (Å²) in [7, 11) is 0. The van der Waals surface area contributed by atoms with E-state index in [9.17, 15) is 0 Å². The number of rotatable bonds is 4. The molecule has 264 valence electrons. The third-order valence-electron chi connectivity index (χ3n) is 11.2. The molecule has 0 radical (unpaired) electrons. The smallest absolute Gasteiger partial charge is 0.164 e. The zero-order chi connectivity index (χ0) is 36.9. The Kier molecular flexibility index (Phi) is 6.77. The van der Waals surface area contributed by atoms with Crippen LogP contribution in [0.1, 0.15) is 18.2 Å². The van der Waals surface area contributed by atoms with Crippen LogP contribution in [0.3, 0.4) is 0 Å². The van der Waals surface area contributed by atoms with Crippen molar-refractivity contribution < 1.29 is 8.83 Å². The van der Waals surface area contributed by atoms with Gasteiger partial charge in [-0.25, -0.2) is 15.0 Å². The van der Waals surface area contributed by atoms with Crippen molar-refractivity contribution in [3.63, 3.8) is 0 Å². The van der Waals surface area contributed by atoms with Crippen molar-refractivity contribution in [3.05, 3.63) is 157 Å². The molecular weight excluding hydrogens is 707 g/mol. The highest BCUT2D eigenvalue weighted by atomic mass is 32.1. The molecule has 1 aliphatic rings. The average molecular weight is 738 g/mol. The van der Waals surface area contributed by atoms with Crippen LogP contribution in [0.5, 0.6) is 0 Å².